The van der Waals surface area contributed by atoms with Gasteiger partial charge < -0.3 is 21.4 Å². The van der Waals surface area contributed by atoms with Gasteiger partial charge >= 0.3 is 0 Å². The Bertz CT molecular complexity index is 826. The van der Waals surface area contributed by atoms with Crippen LogP contribution < -0.4 is 16.4 Å². The van der Waals surface area contributed by atoms with Crippen LogP contribution in [0.15, 0.2) is 30.7 Å². The molecule has 0 amide bonds. The largest absolute Gasteiger partial charge is 0.383 e. The van der Waals surface area contributed by atoms with E-state index in [-0.39, 0.29) is 18.4 Å². The van der Waals surface area contributed by atoms with E-state index in [1.165, 1.54) is 12.8 Å². The molecule has 4 heterocycles. The van der Waals surface area contributed by atoms with Crippen LogP contribution >= 0.6 is 12.4 Å². The molecule has 0 bridgehead atoms. The Kier molecular flexibility index (Phi) is 4.82. The molecule has 126 valence electrons. The van der Waals surface area contributed by atoms with Crippen LogP contribution in [0.5, 0.6) is 0 Å². The lowest BCUT2D eigenvalue weighted by Crippen LogP contribution is -2.29. The number of pyridine rings is 1. The van der Waals surface area contributed by atoms with E-state index >= 15 is 0 Å². The summed E-state index contributed by atoms with van der Waals surface area (Å²) < 4.78 is 0. The van der Waals surface area contributed by atoms with Gasteiger partial charge in [-0.3, -0.25) is 0 Å². The number of H-pyrrole nitrogens is 1. The molecule has 1 unspecified atom stereocenters. The Hall–Kier alpha value is -2.38. The fourth-order valence-corrected chi connectivity index (χ4v) is 3.09. The van der Waals surface area contributed by atoms with Crippen molar-refractivity contribution < 1.29 is 0 Å². The van der Waals surface area contributed by atoms with Gasteiger partial charge in [-0.2, -0.15) is 0 Å². The molecule has 3 aromatic heterocycles. The SMILES string of the molecule is Cl.Nc1nccc(-c2c[nH]c3nccc(NCC4CCCN4)c23)n1. The quantitative estimate of drug-likeness (QED) is 0.577. The molecule has 7 nitrogen and oxygen atoms in total. The first kappa shape index (κ1) is 16.5. The third kappa shape index (κ3) is 3.13. The minimum atomic E-state index is 0. The monoisotopic (exact) mass is 345 g/mol. The molecule has 1 aliphatic heterocycles. The zero-order valence-corrected chi connectivity index (χ0v) is 13.9. The van der Waals surface area contributed by atoms with Crippen molar-refractivity contribution >= 4 is 35.1 Å². The normalized spacial score (nSPS) is 16.9. The molecule has 5 N–H and O–H groups in total. The minimum absolute atomic E-state index is 0. The Balaban J connectivity index is 0.00000169. The molecule has 0 spiro atoms. The highest BCUT2D eigenvalue weighted by atomic mass is 35.5. The average molecular weight is 346 g/mol. The fraction of sp³-hybridized carbons (Fsp3) is 0.312. The summed E-state index contributed by atoms with van der Waals surface area (Å²) in [4.78, 5) is 15.9. The first-order valence-electron chi connectivity index (χ1n) is 7.83. The number of nitrogens with two attached hydrogens (primary N) is 1. The predicted octanol–water partition coefficient (Wildman–Crippen LogP) is 2.19. The number of hydrogen-bond acceptors (Lipinski definition) is 6. The maximum atomic E-state index is 5.72. The summed E-state index contributed by atoms with van der Waals surface area (Å²) >= 11 is 0. The first-order chi connectivity index (χ1) is 11.3. The highest BCUT2D eigenvalue weighted by Crippen LogP contribution is 2.32. The molecule has 1 fully saturated rings. The van der Waals surface area contributed by atoms with E-state index in [2.05, 4.69) is 30.6 Å². The molecule has 0 radical (unpaired) electrons. The van der Waals surface area contributed by atoms with Crippen LogP contribution in [-0.4, -0.2) is 39.1 Å². The van der Waals surface area contributed by atoms with Crippen molar-refractivity contribution in [1.29, 1.82) is 0 Å². The van der Waals surface area contributed by atoms with Crippen LogP contribution in [0.3, 0.4) is 0 Å². The van der Waals surface area contributed by atoms with Gasteiger partial charge in [0.15, 0.2) is 0 Å². The molecule has 1 aliphatic rings. The summed E-state index contributed by atoms with van der Waals surface area (Å²) in [5.74, 6) is 0.269. The Labute approximate surface area is 145 Å². The topological polar surface area (TPSA) is 105 Å². The second-order valence-electron chi connectivity index (χ2n) is 5.76. The maximum Gasteiger partial charge on any atom is 0.220 e. The van der Waals surface area contributed by atoms with E-state index < -0.39 is 0 Å². The number of nitrogens with zero attached hydrogens (tertiary/aromatic N) is 3. The number of halogens is 1. The van der Waals surface area contributed by atoms with Gasteiger partial charge in [-0.15, -0.1) is 12.4 Å². The minimum Gasteiger partial charge on any atom is -0.383 e. The van der Waals surface area contributed by atoms with Crippen molar-refractivity contribution in [2.75, 3.05) is 24.1 Å². The van der Waals surface area contributed by atoms with Gasteiger partial charge in [0, 0.05) is 42.4 Å². The van der Waals surface area contributed by atoms with Crippen molar-refractivity contribution in [2.45, 2.75) is 18.9 Å². The molecular formula is C16H20ClN7. The summed E-state index contributed by atoms with van der Waals surface area (Å²) in [6, 6.07) is 4.38. The van der Waals surface area contributed by atoms with Gasteiger partial charge in [0.1, 0.15) is 5.65 Å². The number of hydrogen-bond donors (Lipinski definition) is 4. The smallest absolute Gasteiger partial charge is 0.220 e. The number of rotatable bonds is 4. The lowest BCUT2D eigenvalue weighted by atomic mass is 10.1. The van der Waals surface area contributed by atoms with Gasteiger partial charge in [-0.25, -0.2) is 15.0 Å². The number of fused-ring (bicyclic) bond motifs is 1. The number of aromatic nitrogens is 4. The summed E-state index contributed by atoms with van der Waals surface area (Å²) in [7, 11) is 0. The Morgan fingerprint density at radius 3 is 2.92 bits per heavy atom. The predicted molar refractivity (Wildman–Crippen MR) is 98.3 cm³/mol. The zero-order valence-electron chi connectivity index (χ0n) is 13.1. The fourth-order valence-electron chi connectivity index (χ4n) is 3.09. The van der Waals surface area contributed by atoms with E-state index in [4.69, 9.17) is 5.73 Å². The van der Waals surface area contributed by atoms with Crippen LogP contribution in [0, 0.1) is 0 Å². The van der Waals surface area contributed by atoms with Crippen molar-refractivity contribution in [3.63, 3.8) is 0 Å². The van der Waals surface area contributed by atoms with Crippen LogP contribution in [0.1, 0.15) is 12.8 Å². The standard InChI is InChI=1S/C16H19N7.ClH/c17-16-20-7-3-12(23-16)11-9-22-15-14(11)13(4-6-19-15)21-8-10-2-1-5-18-10;/h3-4,6-7,9-10,18H,1-2,5,8H2,(H2,17,20,23)(H2,19,21,22);1H. The van der Waals surface area contributed by atoms with Crippen LogP contribution in [0.2, 0.25) is 0 Å². The van der Waals surface area contributed by atoms with Gasteiger partial charge in [-0.1, -0.05) is 0 Å². The molecule has 3 aromatic rings. The molecular weight excluding hydrogens is 326 g/mol. The van der Waals surface area contributed by atoms with E-state index in [0.717, 1.165) is 41.1 Å². The molecule has 4 rings (SSSR count). The first-order valence-corrected chi connectivity index (χ1v) is 7.83. The highest BCUT2D eigenvalue weighted by Gasteiger charge is 2.16. The zero-order chi connectivity index (χ0) is 15.6. The molecule has 24 heavy (non-hydrogen) atoms. The number of anilines is 2. The highest BCUT2D eigenvalue weighted by molar-refractivity contribution is 6.01. The lowest BCUT2D eigenvalue weighted by Gasteiger charge is -2.14. The third-order valence-corrected chi connectivity index (χ3v) is 4.22. The second kappa shape index (κ2) is 7.02. The molecule has 0 saturated carbocycles. The van der Waals surface area contributed by atoms with Crippen molar-refractivity contribution in [2.24, 2.45) is 0 Å². The van der Waals surface area contributed by atoms with E-state index in [9.17, 15) is 0 Å². The van der Waals surface area contributed by atoms with Crippen molar-refractivity contribution in [3.8, 4) is 11.3 Å². The molecule has 1 saturated heterocycles. The average Bonchev–Trinajstić information content (AvgIpc) is 3.22. The van der Waals surface area contributed by atoms with E-state index in [1.807, 2.05) is 18.3 Å². The summed E-state index contributed by atoms with van der Waals surface area (Å²) in [6.45, 7) is 2.00. The number of nitrogen functional groups attached to an aromatic ring is 1. The molecule has 0 aromatic carbocycles. The van der Waals surface area contributed by atoms with Crippen LogP contribution in [0.25, 0.3) is 22.3 Å². The third-order valence-electron chi connectivity index (χ3n) is 4.22. The van der Waals surface area contributed by atoms with Crippen molar-refractivity contribution in [1.82, 2.24) is 25.3 Å². The van der Waals surface area contributed by atoms with Gasteiger partial charge in [0.2, 0.25) is 5.95 Å². The lowest BCUT2D eigenvalue weighted by molar-refractivity contribution is 0.634. The van der Waals surface area contributed by atoms with Crippen LogP contribution in [0.4, 0.5) is 11.6 Å². The summed E-state index contributed by atoms with van der Waals surface area (Å²) in [6.07, 6.45) is 7.85. The van der Waals surface area contributed by atoms with Gasteiger partial charge in [-0.05, 0) is 31.5 Å². The summed E-state index contributed by atoms with van der Waals surface area (Å²) in [5, 5.41) is 8.07. The molecule has 1 atom stereocenters. The van der Waals surface area contributed by atoms with E-state index in [0.29, 0.717) is 6.04 Å². The Morgan fingerprint density at radius 1 is 1.25 bits per heavy atom. The van der Waals surface area contributed by atoms with Crippen molar-refractivity contribution in [3.05, 3.63) is 30.7 Å². The van der Waals surface area contributed by atoms with Crippen LogP contribution in [-0.2, 0) is 0 Å². The number of aromatic amines is 1. The summed E-state index contributed by atoms with van der Waals surface area (Å²) in [5.41, 5.74) is 9.37. The number of nitrogens with one attached hydrogen (secondary N) is 3. The van der Waals surface area contributed by atoms with Gasteiger partial charge in [0.25, 0.3) is 0 Å². The maximum absolute atomic E-state index is 5.72. The van der Waals surface area contributed by atoms with E-state index in [1.54, 1.807) is 12.4 Å². The Morgan fingerprint density at radius 2 is 2.12 bits per heavy atom. The van der Waals surface area contributed by atoms with Gasteiger partial charge in [0.05, 0.1) is 11.1 Å². The molecule has 0 aliphatic carbocycles. The second-order valence-corrected chi connectivity index (χ2v) is 5.76. The molecule has 8 heteroatoms.